The number of amides is 1. The second-order valence-electron chi connectivity index (χ2n) is 8.37. The van der Waals surface area contributed by atoms with E-state index in [0.717, 1.165) is 19.4 Å². The molecular formula is C20H34NO5S+. The summed E-state index contributed by atoms with van der Waals surface area (Å²) in [6.07, 6.45) is 2.25. The maximum absolute atomic E-state index is 12.8. The Morgan fingerprint density at radius 3 is 2.67 bits per heavy atom. The number of ether oxygens (including phenoxy) is 2. The van der Waals surface area contributed by atoms with Crippen LogP contribution in [0.3, 0.4) is 0 Å². The second kappa shape index (κ2) is 8.13. The molecule has 6 nitrogen and oxygen atoms in total. The van der Waals surface area contributed by atoms with Gasteiger partial charge in [-0.2, -0.15) is 0 Å². The molecule has 0 aromatic heterocycles. The SMILES string of the molecule is C=C(OCC)SC1(C)C(CC(C)(C)C(C)C(=O)OCCO)[N+]12CCCC2=O. The molecule has 2 aliphatic heterocycles. The van der Waals surface area contributed by atoms with Crippen molar-refractivity contribution in [3.8, 4) is 0 Å². The van der Waals surface area contributed by atoms with Crippen LogP contribution in [0.15, 0.2) is 11.7 Å². The summed E-state index contributed by atoms with van der Waals surface area (Å²) in [6, 6.07) is 0.123. The van der Waals surface area contributed by atoms with E-state index in [4.69, 9.17) is 14.6 Å². The van der Waals surface area contributed by atoms with Gasteiger partial charge in [-0.15, -0.1) is 0 Å². The predicted octanol–water partition coefficient (Wildman–Crippen LogP) is 3.05. The topological polar surface area (TPSA) is 72.8 Å². The smallest absolute Gasteiger partial charge is 0.315 e. The molecule has 0 radical (unpaired) electrons. The molecule has 2 heterocycles. The van der Waals surface area contributed by atoms with Gasteiger partial charge >= 0.3 is 11.9 Å². The van der Waals surface area contributed by atoms with Gasteiger partial charge in [-0.3, -0.25) is 4.79 Å². The summed E-state index contributed by atoms with van der Waals surface area (Å²) in [6.45, 7) is 15.2. The normalized spacial score (nSPS) is 31.0. The Hall–Kier alpha value is -1.05. The lowest BCUT2D eigenvalue weighted by molar-refractivity contribution is -0.743. The highest BCUT2D eigenvalue weighted by atomic mass is 32.2. The number of rotatable bonds is 10. The number of hydrogen-bond donors (Lipinski definition) is 1. The molecule has 1 amide bonds. The van der Waals surface area contributed by atoms with Crippen LogP contribution < -0.4 is 0 Å². The Kier molecular flexibility index (Phi) is 6.70. The number of hydrogen-bond acceptors (Lipinski definition) is 6. The van der Waals surface area contributed by atoms with Crippen LogP contribution in [0.5, 0.6) is 0 Å². The molecule has 1 spiro atoms. The molecule has 2 fully saturated rings. The van der Waals surface area contributed by atoms with E-state index in [1.807, 2.05) is 13.8 Å². The number of carbonyl (C=O) groups is 2. The zero-order valence-corrected chi connectivity index (χ0v) is 18.1. The van der Waals surface area contributed by atoms with E-state index in [0.29, 0.717) is 22.6 Å². The van der Waals surface area contributed by atoms with E-state index in [2.05, 4.69) is 27.4 Å². The minimum absolute atomic E-state index is 0.0168. The van der Waals surface area contributed by atoms with Crippen molar-refractivity contribution < 1.29 is 28.7 Å². The van der Waals surface area contributed by atoms with E-state index >= 15 is 0 Å². The highest BCUT2D eigenvalue weighted by Crippen LogP contribution is 2.65. The Balaban J connectivity index is 2.18. The molecule has 4 atom stereocenters. The van der Waals surface area contributed by atoms with Gasteiger partial charge in [0, 0.05) is 19.8 Å². The Morgan fingerprint density at radius 1 is 1.48 bits per heavy atom. The lowest BCUT2D eigenvalue weighted by Gasteiger charge is -2.29. The molecule has 0 aromatic carbocycles. The van der Waals surface area contributed by atoms with Crippen LogP contribution in [0.4, 0.5) is 0 Å². The van der Waals surface area contributed by atoms with Crippen molar-refractivity contribution in [1.29, 1.82) is 0 Å². The summed E-state index contributed by atoms with van der Waals surface area (Å²) in [7, 11) is 0. The first-order valence-corrected chi connectivity index (χ1v) is 10.6. The average molecular weight is 401 g/mol. The first-order chi connectivity index (χ1) is 12.6. The molecular weight excluding hydrogens is 366 g/mol. The lowest BCUT2D eigenvalue weighted by Crippen LogP contribution is -2.37. The van der Waals surface area contributed by atoms with Gasteiger partial charge in [-0.05, 0) is 30.7 Å². The number of esters is 1. The van der Waals surface area contributed by atoms with Crippen molar-refractivity contribution >= 4 is 23.6 Å². The van der Waals surface area contributed by atoms with Crippen LogP contribution in [-0.4, -0.2) is 58.7 Å². The van der Waals surface area contributed by atoms with Gasteiger partial charge in [0.05, 0.1) is 32.1 Å². The van der Waals surface area contributed by atoms with Gasteiger partial charge in [0.25, 0.3) is 0 Å². The van der Waals surface area contributed by atoms with Gasteiger partial charge in [0.1, 0.15) is 6.61 Å². The van der Waals surface area contributed by atoms with E-state index in [1.54, 1.807) is 11.8 Å². The van der Waals surface area contributed by atoms with Crippen molar-refractivity contribution in [1.82, 2.24) is 0 Å². The Labute approximate surface area is 166 Å². The summed E-state index contributed by atoms with van der Waals surface area (Å²) in [5, 5.41) is 9.53. The summed E-state index contributed by atoms with van der Waals surface area (Å²) < 4.78 is 11.1. The van der Waals surface area contributed by atoms with Gasteiger partial charge in [0.15, 0.2) is 11.1 Å². The maximum Gasteiger partial charge on any atom is 0.315 e. The summed E-state index contributed by atoms with van der Waals surface area (Å²) in [5.41, 5.74) is -0.337. The van der Waals surface area contributed by atoms with Crippen LogP contribution in [-0.2, 0) is 19.1 Å². The molecule has 1 N–H and O–H groups in total. The van der Waals surface area contributed by atoms with Crippen LogP contribution >= 0.6 is 11.8 Å². The molecule has 0 aliphatic carbocycles. The fourth-order valence-corrected chi connectivity index (χ4v) is 5.92. The number of carbonyl (C=O) groups excluding carboxylic acids is 2. The van der Waals surface area contributed by atoms with E-state index in [-0.39, 0.29) is 47.3 Å². The van der Waals surface area contributed by atoms with Crippen LogP contribution in [0.2, 0.25) is 0 Å². The van der Waals surface area contributed by atoms with Crippen molar-refractivity contribution in [2.45, 2.75) is 64.8 Å². The van der Waals surface area contributed by atoms with Crippen LogP contribution in [0, 0.1) is 11.3 Å². The third-order valence-corrected chi connectivity index (χ3v) is 7.78. The van der Waals surface area contributed by atoms with Crippen molar-refractivity contribution in [3.63, 3.8) is 0 Å². The van der Waals surface area contributed by atoms with E-state index < -0.39 is 0 Å². The second-order valence-corrected chi connectivity index (χ2v) is 9.86. The molecule has 4 unspecified atom stereocenters. The number of quaternary nitrogens is 1. The number of thioether (sulfide) groups is 1. The van der Waals surface area contributed by atoms with Gasteiger partial charge in [-0.1, -0.05) is 20.8 Å². The highest BCUT2D eigenvalue weighted by Gasteiger charge is 2.82. The van der Waals surface area contributed by atoms with E-state index in [9.17, 15) is 9.59 Å². The van der Waals surface area contributed by atoms with Crippen molar-refractivity contribution in [3.05, 3.63) is 11.7 Å². The number of nitrogens with zero attached hydrogens (tertiary/aromatic N) is 1. The number of aliphatic hydroxyl groups is 1. The minimum atomic E-state index is -0.337. The molecule has 2 saturated heterocycles. The summed E-state index contributed by atoms with van der Waals surface area (Å²) >= 11 is 1.56. The summed E-state index contributed by atoms with van der Waals surface area (Å²) in [5.74, 6) is -0.348. The van der Waals surface area contributed by atoms with Crippen molar-refractivity contribution in [2.24, 2.45) is 11.3 Å². The Bertz CT molecular complexity index is 607. The minimum Gasteiger partial charge on any atom is -0.488 e. The fraction of sp³-hybridized carbons (Fsp3) is 0.800. The van der Waals surface area contributed by atoms with Gasteiger partial charge in [0.2, 0.25) is 4.87 Å². The molecule has 0 saturated carbocycles. The zero-order valence-electron chi connectivity index (χ0n) is 17.2. The predicted molar refractivity (Wildman–Crippen MR) is 106 cm³/mol. The fourth-order valence-electron chi connectivity index (χ4n) is 4.46. The van der Waals surface area contributed by atoms with Crippen molar-refractivity contribution in [2.75, 3.05) is 26.4 Å². The quantitative estimate of drug-likeness (QED) is 0.263. The highest BCUT2D eigenvalue weighted by molar-refractivity contribution is 8.04. The summed E-state index contributed by atoms with van der Waals surface area (Å²) in [4.78, 5) is 24.8. The lowest BCUT2D eigenvalue weighted by atomic mass is 9.76. The third-order valence-electron chi connectivity index (χ3n) is 6.43. The molecule has 0 aromatic rings. The van der Waals surface area contributed by atoms with Crippen LogP contribution in [0.1, 0.15) is 53.9 Å². The molecule has 2 rings (SSSR count). The van der Waals surface area contributed by atoms with E-state index in [1.165, 1.54) is 0 Å². The first kappa shape index (κ1) is 22.2. The first-order valence-electron chi connectivity index (χ1n) is 9.76. The largest absolute Gasteiger partial charge is 0.488 e. The monoisotopic (exact) mass is 400 g/mol. The zero-order chi connectivity index (χ0) is 20.5. The molecule has 154 valence electrons. The van der Waals surface area contributed by atoms with Gasteiger partial charge in [-0.25, -0.2) is 9.28 Å². The Morgan fingerprint density at radius 2 is 2.15 bits per heavy atom. The van der Waals surface area contributed by atoms with Crippen LogP contribution in [0.25, 0.3) is 0 Å². The maximum atomic E-state index is 12.8. The average Bonchev–Trinajstić information content (AvgIpc) is 2.89. The molecule has 7 heteroatoms. The van der Waals surface area contributed by atoms with Gasteiger partial charge < -0.3 is 14.6 Å². The molecule has 2 aliphatic rings. The number of aliphatic hydroxyl groups excluding tert-OH is 1. The third kappa shape index (κ3) is 3.91. The molecule has 0 bridgehead atoms. The molecule has 27 heavy (non-hydrogen) atoms. The standard InChI is InChI=1S/C20H34NO5S/c1-7-25-15(3)27-20(6)16(21(20)10-8-9-17(21)23)13-19(4,5)14(2)18(24)26-12-11-22/h14,16,22H,3,7-13H2,1-2,4-6H3/q+1.